The van der Waals surface area contributed by atoms with Crippen LogP contribution in [0.3, 0.4) is 0 Å². The van der Waals surface area contributed by atoms with Crippen molar-refractivity contribution in [3.63, 3.8) is 0 Å². The van der Waals surface area contributed by atoms with E-state index in [4.69, 9.17) is 16.3 Å². The Morgan fingerprint density at radius 3 is 2.65 bits per heavy atom. The number of carbonyl (C=O) groups is 1. The lowest BCUT2D eigenvalue weighted by atomic mass is 10.2. The molecule has 0 aliphatic rings. The van der Waals surface area contributed by atoms with Crippen LogP contribution in [0.15, 0.2) is 30.6 Å². The Kier molecular flexibility index (Phi) is 5.45. The van der Waals surface area contributed by atoms with Gasteiger partial charge in [-0.15, -0.1) is 0 Å². The van der Waals surface area contributed by atoms with Crippen LogP contribution in [-0.4, -0.2) is 24.0 Å². The zero-order chi connectivity index (χ0) is 17.0. The molecule has 0 atom stereocenters. The molecule has 1 aromatic heterocycles. The van der Waals surface area contributed by atoms with Gasteiger partial charge in [-0.05, 0) is 38.5 Å². The summed E-state index contributed by atoms with van der Waals surface area (Å²) in [5.41, 5.74) is 2.69. The predicted octanol–water partition coefficient (Wildman–Crippen LogP) is 4.12. The van der Waals surface area contributed by atoms with Crippen LogP contribution in [0.2, 0.25) is 5.02 Å². The number of rotatable bonds is 5. The van der Waals surface area contributed by atoms with Crippen LogP contribution in [0, 0.1) is 6.92 Å². The number of nitrogens with zero attached hydrogens (tertiary/aromatic N) is 1. The molecule has 1 amide bonds. The van der Waals surface area contributed by atoms with Crippen molar-refractivity contribution in [1.29, 1.82) is 0 Å². The lowest BCUT2D eigenvalue weighted by Crippen LogP contribution is -2.15. The molecule has 2 rings (SSSR count). The topological polar surface area (TPSA) is 63.2 Å². The van der Waals surface area contributed by atoms with Crippen LogP contribution < -0.4 is 15.4 Å². The molecule has 0 saturated carbocycles. The molecule has 2 N–H and O–H groups in total. The summed E-state index contributed by atoms with van der Waals surface area (Å²) in [4.78, 5) is 16.5. The first-order valence-electron chi connectivity index (χ1n) is 7.27. The van der Waals surface area contributed by atoms with Gasteiger partial charge in [0.05, 0.1) is 24.0 Å². The summed E-state index contributed by atoms with van der Waals surface area (Å²) in [6.45, 7) is 5.91. The number of nitrogens with one attached hydrogen (secondary N) is 2. The monoisotopic (exact) mass is 333 g/mol. The van der Waals surface area contributed by atoms with Gasteiger partial charge in [0.1, 0.15) is 5.75 Å². The van der Waals surface area contributed by atoms with E-state index in [0.29, 0.717) is 22.0 Å². The van der Waals surface area contributed by atoms with Crippen LogP contribution in [0.5, 0.6) is 5.75 Å². The molecular weight excluding hydrogens is 314 g/mol. The van der Waals surface area contributed by atoms with Gasteiger partial charge in [0.25, 0.3) is 5.91 Å². The zero-order valence-corrected chi connectivity index (χ0v) is 14.4. The molecule has 0 radical (unpaired) electrons. The van der Waals surface area contributed by atoms with E-state index in [2.05, 4.69) is 15.6 Å². The lowest BCUT2D eigenvalue weighted by molar-refractivity contribution is 0.102. The second-order valence-electron chi connectivity index (χ2n) is 5.52. The minimum atomic E-state index is -0.259. The molecule has 6 heteroatoms. The van der Waals surface area contributed by atoms with Gasteiger partial charge in [-0.1, -0.05) is 11.6 Å². The number of anilines is 2. The van der Waals surface area contributed by atoms with Crippen molar-refractivity contribution < 1.29 is 9.53 Å². The molecule has 5 nitrogen and oxygen atoms in total. The number of hydrogen-bond donors (Lipinski definition) is 2. The van der Waals surface area contributed by atoms with E-state index >= 15 is 0 Å². The SMILES string of the molecule is COc1cc(Cl)c(C)cc1NC(=O)c1cncc(NC(C)C)c1. The molecule has 2 aromatic rings. The molecule has 0 bridgehead atoms. The van der Waals surface area contributed by atoms with Crippen LogP contribution in [0.4, 0.5) is 11.4 Å². The third kappa shape index (κ3) is 4.36. The average Bonchev–Trinajstić information content (AvgIpc) is 2.50. The normalized spacial score (nSPS) is 10.5. The summed E-state index contributed by atoms with van der Waals surface area (Å²) in [5.74, 6) is 0.253. The van der Waals surface area contributed by atoms with Crippen molar-refractivity contribution in [2.45, 2.75) is 26.8 Å². The summed E-state index contributed by atoms with van der Waals surface area (Å²) in [7, 11) is 1.53. The van der Waals surface area contributed by atoms with Crippen molar-refractivity contribution in [1.82, 2.24) is 4.98 Å². The van der Waals surface area contributed by atoms with Gasteiger partial charge in [-0.3, -0.25) is 9.78 Å². The molecule has 0 spiro atoms. The minimum Gasteiger partial charge on any atom is -0.495 e. The van der Waals surface area contributed by atoms with E-state index in [9.17, 15) is 4.79 Å². The number of ether oxygens (including phenoxy) is 1. The maximum atomic E-state index is 12.4. The highest BCUT2D eigenvalue weighted by atomic mass is 35.5. The number of hydrogen-bond acceptors (Lipinski definition) is 4. The molecule has 0 aliphatic heterocycles. The summed E-state index contributed by atoms with van der Waals surface area (Å²) in [6.07, 6.45) is 3.21. The molecule has 1 aromatic carbocycles. The number of aromatic nitrogens is 1. The molecule has 23 heavy (non-hydrogen) atoms. The second-order valence-corrected chi connectivity index (χ2v) is 5.92. The zero-order valence-electron chi connectivity index (χ0n) is 13.6. The largest absolute Gasteiger partial charge is 0.495 e. The number of halogens is 1. The molecule has 0 aliphatic carbocycles. The molecule has 1 heterocycles. The van der Waals surface area contributed by atoms with Gasteiger partial charge in [0.15, 0.2) is 0 Å². The Balaban J connectivity index is 2.24. The Labute approximate surface area is 141 Å². The smallest absolute Gasteiger partial charge is 0.257 e. The molecule has 0 saturated heterocycles. The fraction of sp³-hybridized carbons (Fsp3) is 0.294. The van der Waals surface area contributed by atoms with E-state index in [0.717, 1.165) is 11.3 Å². The second kappa shape index (κ2) is 7.33. The number of carbonyl (C=O) groups excluding carboxylic acids is 1. The van der Waals surface area contributed by atoms with Gasteiger partial charge in [0.2, 0.25) is 0 Å². The summed E-state index contributed by atoms with van der Waals surface area (Å²) < 4.78 is 5.27. The van der Waals surface area contributed by atoms with Crippen molar-refractivity contribution in [2.75, 3.05) is 17.7 Å². The van der Waals surface area contributed by atoms with E-state index in [1.807, 2.05) is 20.8 Å². The highest BCUT2D eigenvalue weighted by molar-refractivity contribution is 6.31. The highest BCUT2D eigenvalue weighted by Crippen LogP contribution is 2.31. The fourth-order valence-electron chi connectivity index (χ4n) is 2.10. The standard InChI is InChI=1S/C17H20ClN3O2/c1-10(2)20-13-6-12(8-19-9-13)17(22)21-15-5-11(3)14(18)7-16(15)23-4/h5-10,20H,1-4H3,(H,21,22). The molecular formula is C17H20ClN3O2. The Hall–Kier alpha value is -2.27. The van der Waals surface area contributed by atoms with Crippen LogP contribution in [0.1, 0.15) is 29.8 Å². The highest BCUT2D eigenvalue weighted by Gasteiger charge is 2.13. The van der Waals surface area contributed by atoms with Crippen molar-refractivity contribution in [3.8, 4) is 5.75 Å². The Morgan fingerprint density at radius 1 is 1.26 bits per heavy atom. The van der Waals surface area contributed by atoms with Crippen molar-refractivity contribution in [3.05, 3.63) is 46.7 Å². The average molecular weight is 334 g/mol. The number of benzene rings is 1. The van der Waals surface area contributed by atoms with E-state index < -0.39 is 0 Å². The van der Waals surface area contributed by atoms with Crippen molar-refractivity contribution in [2.24, 2.45) is 0 Å². The third-order valence-corrected chi connectivity index (χ3v) is 3.59. The van der Waals surface area contributed by atoms with Gasteiger partial charge in [-0.25, -0.2) is 0 Å². The molecule has 0 unspecified atom stereocenters. The summed E-state index contributed by atoms with van der Waals surface area (Å²) >= 11 is 6.08. The molecule has 0 fully saturated rings. The van der Waals surface area contributed by atoms with E-state index in [1.165, 1.54) is 13.3 Å². The van der Waals surface area contributed by atoms with Crippen LogP contribution in [0.25, 0.3) is 0 Å². The van der Waals surface area contributed by atoms with Crippen LogP contribution in [-0.2, 0) is 0 Å². The summed E-state index contributed by atoms with van der Waals surface area (Å²) in [6, 6.07) is 5.48. The Morgan fingerprint density at radius 2 is 2.00 bits per heavy atom. The predicted molar refractivity (Wildman–Crippen MR) is 93.7 cm³/mol. The number of pyridine rings is 1. The fourth-order valence-corrected chi connectivity index (χ4v) is 2.25. The van der Waals surface area contributed by atoms with Crippen molar-refractivity contribution >= 4 is 28.9 Å². The maximum Gasteiger partial charge on any atom is 0.257 e. The van der Waals surface area contributed by atoms with Gasteiger partial charge >= 0.3 is 0 Å². The van der Waals surface area contributed by atoms with Gasteiger partial charge < -0.3 is 15.4 Å². The Bertz CT molecular complexity index is 717. The van der Waals surface area contributed by atoms with E-state index in [1.54, 1.807) is 24.4 Å². The number of methoxy groups -OCH3 is 1. The van der Waals surface area contributed by atoms with Crippen LogP contribution >= 0.6 is 11.6 Å². The van der Waals surface area contributed by atoms with Gasteiger partial charge in [0, 0.05) is 29.5 Å². The third-order valence-electron chi connectivity index (χ3n) is 3.18. The first-order valence-corrected chi connectivity index (χ1v) is 7.65. The quantitative estimate of drug-likeness (QED) is 0.863. The lowest BCUT2D eigenvalue weighted by Gasteiger charge is -2.13. The molecule has 122 valence electrons. The number of aryl methyl sites for hydroxylation is 1. The van der Waals surface area contributed by atoms with E-state index in [-0.39, 0.29) is 11.9 Å². The summed E-state index contributed by atoms with van der Waals surface area (Å²) in [5, 5.41) is 6.64. The van der Waals surface area contributed by atoms with Gasteiger partial charge in [-0.2, -0.15) is 0 Å². The first-order chi connectivity index (χ1) is 10.9. The first kappa shape index (κ1) is 17.1. The minimum absolute atomic E-state index is 0.258. The maximum absolute atomic E-state index is 12.4. The number of amides is 1.